The van der Waals surface area contributed by atoms with Gasteiger partial charge in [0.1, 0.15) is 0 Å². The Morgan fingerprint density at radius 2 is 2.05 bits per heavy atom. The molecule has 0 amide bonds. The lowest BCUT2D eigenvalue weighted by atomic mass is 10.1. The van der Waals surface area contributed by atoms with Crippen molar-refractivity contribution in [1.82, 2.24) is 4.31 Å². The lowest BCUT2D eigenvalue weighted by Gasteiger charge is -2.24. The molecular formula is C14H17NO3S. The molecule has 0 N–H and O–H groups in total. The van der Waals surface area contributed by atoms with Crippen LogP contribution in [0.15, 0.2) is 40.8 Å². The number of carbonyl (C=O) groups is 1. The second-order valence-corrected chi connectivity index (χ2v) is 6.69. The van der Waals surface area contributed by atoms with Gasteiger partial charge in [0, 0.05) is 18.7 Å². The van der Waals surface area contributed by atoms with Gasteiger partial charge in [0.15, 0.2) is 5.78 Å². The Hall–Kier alpha value is -1.46. The number of Topliss-reactive ketones (excluding diaryl/α,β-unsaturated/α-hetero) is 1. The molecule has 102 valence electrons. The van der Waals surface area contributed by atoms with Crippen LogP contribution in [0.3, 0.4) is 0 Å². The fourth-order valence-corrected chi connectivity index (χ4v) is 3.42. The van der Waals surface area contributed by atoms with Crippen molar-refractivity contribution in [2.24, 2.45) is 0 Å². The number of benzene rings is 1. The molecular weight excluding hydrogens is 262 g/mol. The fraction of sp³-hybridized carbons (Fsp3) is 0.357. The normalized spacial score (nSPS) is 17.1. The monoisotopic (exact) mass is 279 g/mol. The van der Waals surface area contributed by atoms with E-state index in [0.29, 0.717) is 18.7 Å². The summed E-state index contributed by atoms with van der Waals surface area (Å²) in [4.78, 5) is 11.5. The minimum atomic E-state index is -3.50. The van der Waals surface area contributed by atoms with E-state index in [1.165, 1.54) is 28.9 Å². The topological polar surface area (TPSA) is 54.5 Å². The van der Waals surface area contributed by atoms with Crippen LogP contribution in [0.2, 0.25) is 0 Å². The Balaban J connectivity index is 2.35. The minimum Gasteiger partial charge on any atom is -0.295 e. The number of nitrogens with zero attached hydrogens (tertiary/aromatic N) is 1. The minimum absolute atomic E-state index is 0.133. The van der Waals surface area contributed by atoms with Gasteiger partial charge in [-0.25, -0.2) is 8.42 Å². The van der Waals surface area contributed by atoms with Gasteiger partial charge in [-0.3, -0.25) is 4.79 Å². The van der Waals surface area contributed by atoms with E-state index >= 15 is 0 Å². The van der Waals surface area contributed by atoms with Crippen LogP contribution in [0.4, 0.5) is 0 Å². The third-order valence-corrected chi connectivity index (χ3v) is 5.14. The zero-order chi connectivity index (χ0) is 14.0. The molecule has 0 aromatic heterocycles. The first-order chi connectivity index (χ1) is 8.91. The van der Waals surface area contributed by atoms with Crippen LogP contribution in [0.5, 0.6) is 0 Å². The highest BCUT2D eigenvalue weighted by molar-refractivity contribution is 7.89. The molecule has 0 bridgehead atoms. The first-order valence-corrected chi connectivity index (χ1v) is 7.62. The predicted octanol–water partition coefficient (Wildman–Crippen LogP) is 2.23. The summed E-state index contributed by atoms with van der Waals surface area (Å²) in [6.45, 7) is 4.33. The van der Waals surface area contributed by atoms with Crippen LogP contribution in [0.1, 0.15) is 30.6 Å². The molecule has 5 heteroatoms. The summed E-state index contributed by atoms with van der Waals surface area (Å²) in [5.41, 5.74) is 1.63. The molecule has 0 saturated carbocycles. The molecule has 1 aliphatic rings. The van der Waals surface area contributed by atoms with E-state index in [9.17, 15) is 13.2 Å². The highest BCUT2D eigenvalue weighted by Gasteiger charge is 2.25. The van der Waals surface area contributed by atoms with Crippen molar-refractivity contribution in [3.05, 3.63) is 41.5 Å². The van der Waals surface area contributed by atoms with Gasteiger partial charge >= 0.3 is 0 Å². The zero-order valence-corrected chi connectivity index (χ0v) is 11.9. The van der Waals surface area contributed by atoms with Crippen molar-refractivity contribution in [3.63, 3.8) is 0 Å². The van der Waals surface area contributed by atoms with Crippen LogP contribution >= 0.6 is 0 Å². The van der Waals surface area contributed by atoms with Crippen molar-refractivity contribution < 1.29 is 13.2 Å². The Labute approximate surface area is 113 Å². The average molecular weight is 279 g/mol. The van der Waals surface area contributed by atoms with Gasteiger partial charge in [-0.15, -0.1) is 0 Å². The Bertz CT molecular complexity index is 632. The van der Waals surface area contributed by atoms with E-state index in [0.717, 1.165) is 6.42 Å². The SMILES string of the molecule is CC(=O)c1cccc(S(=O)(=O)N2CC=C(C)CC2)c1. The summed E-state index contributed by atoms with van der Waals surface area (Å²) < 4.78 is 26.4. The molecule has 0 spiro atoms. The maximum Gasteiger partial charge on any atom is 0.243 e. The number of rotatable bonds is 3. The van der Waals surface area contributed by atoms with Gasteiger partial charge in [-0.1, -0.05) is 23.8 Å². The van der Waals surface area contributed by atoms with Gasteiger partial charge < -0.3 is 0 Å². The number of hydrogen-bond acceptors (Lipinski definition) is 3. The van der Waals surface area contributed by atoms with E-state index in [4.69, 9.17) is 0 Å². The van der Waals surface area contributed by atoms with Gasteiger partial charge in [0.25, 0.3) is 0 Å². The number of carbonyl (C=O) groups excluding carboxylic acids is 1. The van der Waals surface area contributed by atoms with E-state index < -0.39 is 10.0 Å². The maximum atomic E-state index is 12.5. The standard InChI is InChI=1S/C14H17NO3S/c1-11-6-8-15(9-7-11)19(17,18)14-5-3-4-13(10-14)12(2)16/h3-6,10H,7-9H2,1-2H3. The van der Waals surface area contributed by atoms with E-state index in [-0.39, 0.29) is 10.7 Å². The van der Waals surface area contributed by atoms with Crippen molar-refractivity contribution in [2.45, 2.75) is 25.2 Å². The highest BCUT2D eigenvalue weighted by atomic mass is 32.2. The van der Waals surface area contributed by atoms with Crippen LogP contribution in [0, 0.1) is 0 Å². The molecule has 0 atom stereocenters. The first-order valence-electron chi connectivity index (χ1n) is 6.18. The molecule has 19 heavy (non-hydrogen) atoms. The first kappa shape index (κ1) is 14.0. The summed E-state index contributed by atoms with van der Waals surface area (Å²) in [6, 6.07) is 6.21. The fourth-order valence-electron chi connectivity index (χ4n) is 1.99. The summed E-state index contributed by atoms with van der Waals surface area (Å²) in [7, 11) is -3.50. The largest absolute Gasteiger partial charge is 0.295 e. The van der Waals surface area contributed by atoms with Crippen molar-refractivity contribution in [2.75, 3.05) is 13.1 Å². The molecule has 0 aliphatic carbocycles. The van der Waals surface area contributed by atoms with Crippen LogP contribution in [-0.4, -0.2) is 31.6 Å². The van der Waals surface area contributed by atoms with Crippen molar-refractivity contribution >= 4 is 15.8 Å². The summed E-state index contributed by atoms with van der Waals surface area (Å²) in [6.07, 6.45) is 2.68. The molecule has 2 rings (SSSR count). The van der Waals surface area contributed by atoms with Crippen molar-refractivity contribution in [1.29, 1.82) is 0 Å². The van der Waals surface area contributed by atoms with E-state index in [1.807, 2.05) is 13.0 Å². The third-order valence-electron chi connectivity index (χ3n) is 3.28. The molecule has 0 saturated heterocycles. The second-order valence-electron chi connectivity index (χ2n) is 4.75. The lowest BCUT2D eigenvalue weighted by Crippen LogP contribution is -2.34. The number of sulfonamides is 1. The highest BCUT2D eigenvalue weighted by Crippen LogP contribution is 2.21. The van der Waals surface area contributed by atoms with Crippen LogP contribution in [-0.2, 0) is 10.0 Å². The van der Waals surface area contributed by atoms with Crippen LogP contribution in [0.25, 0.3) is 0 Å². The van der Waals surface area contributed by atoms with Crippen molar-refractivity contribution in [3.8, 4) is 0 Å². The number of ketones is 1. The molecule has 4 nitrogen and oxygen atoms in total. The molecule has 1 aliphatic heterocycles. The van der Waals surface area contributed by atoms with Crippen LogP contribution < -0.4 is 0 Å². The van der Waals surface area contributed by atoms with E-state index in [2.05, 4.69) is 0 Å². The molecule has 1 aromatic rings. The maximum absolute atomic E-state index is 12.5. The van der Waals surface area contributed by atoms with Gasteiger partial charge in [0.05, 0.1) is 4.90 Å². The van der Waals surface area contributed by atoms with Gasteiger partial charge in [-0.2, -0.15) is 4.31 Å². The summed E-state index contributed by atoms with van der Waals surface area (Å²) in [5.74, 6) is -0.133. The predicted molar refractivity (Wildman–Crippen MR) is 73.6 cm³/mol. The average Bonchev–Trinajstić information content (AvgIpc) is 2.39. The lowest BCUT2D eigenvalue weighted by molar-refractivity contribution is 0.101. The zero-order valence-electron chi connectivity index (χ0n) is 11.1. The van der Waals surface area contributed by atoms with Gasteiger partial charge in [-0.05, 0) is 32.4 Å². The smallest absolute Gasteiger partial charge is 0.243 e. The molecule has 0 radical (unpaired) electrons. The van der Waals surface area contributed by atoms with Gasteiger partial charge in [0.2, 0.25) is 10.0 Å². The molecule has 1 aromatic carbocycles. The summed E-state index contributed by atoms with van der Waals surface area (Å²) in [5, 5.41) is 0. The Morgan fingerprint density at radius 1 is 1.32 bits per heavy atom. The quantitative estimate of drug-likeness (QED) is 0.630. The molecule has 0 unspecified atom stereocenters. The summed E-state index contributed by atoms with van der Waals surface area (Å²) >= 11 is 0. The molecule has 1 heterocycles. The third kappa shape index (κ3) is 2.93. The molecule has 0 fully saturated rings. The second kappa shape index (κ2) is 5.27. The Kier molecular flexibility index (Phi) is 3.87. The number of hydrogen-bond donors (Lipinski definition) is 0. The Morgan fingerprint density at radius 3 is 2.63 bits per heavy atom. The van der Waals surface area contributed by atoms with E-state index in [1.54, 1.807) is 12.1 Å².